The summed E-state index contributed by atoms with van der Waals surface area (Å²) in [5.41, 5.74) is -2.95. The molecule has 1 aliphatic rings. The monoisotopic (exact) mass is 430 g/mol. The molecule has 1 aromatic heterocycles. The van der Waals surface area contributed by atoms with Gasteiger partial charge in [-0.1, -0.05) is 0 Å². The summed E-state index contributed by atoms with van der Waals surface area (Å²) in [6, 6.07) is -0.324. The molecule has 12 heteroatoms. The van der Waals surface area contributed by atoms with Gasteiger partial charge in [-0.2, -0.15) is 23.5 Å². The summed E-state index contributed by atoms with van der Waals surface area (Å²) >= 11 is 0. The first kappa shape index (κ1) is 24.0. The fraction of sp³-hybridized carbons (Fsp3) is 0.722. The van der Waals surface area contributed by atoms with Gasteiger partial charge in [0.05, 0.1) is 11.2 Å². The van der Waals surface area contributed by atoms with Crippen LogP contribution >= 0.6 is 0 Å². The summed E-state index contributed by atoms with van der Waals surface area (Å²) in [4.78, 5) is 12.2. The maximum atomic E-state index is 13.4. The first-order chi connectivity index (χ1) is 13.4. The summed E-state index contributed by atoms with van der Waals surface area (Å²) in [6.07, 6.45) is -5.70. The zero-order valence-corrected chi connectivity index (χ0v) is 18.3. The second-order valence-corrected chi connectivity index (χ2v) is 9.10. The number of ether oxygens (including phenoxy) is 1. The van der Waals surface area contributed by atoms with Crippen molar-refractivity contribution in [2.24, 2.45) is 0 Å². The molecule has 1 saturated heterocycles. The van der Waals surface area contributed by atoms with Crippen LogP contribution in [0.15, 0.2) is 0 Å². The van der Waals surface area contributed by atoms with E-state index in [-0.39, 0.29) is 11.2 Å². The lowest BCUT2D eigenvalue weighted by Gasteiger charge is -2.32. The van der Waals surface area contributed by atoms with Gasteiger partial charge in [0.1, 0.15) is 28.9 Å². The number of aromatic nitrogens is 2. The topological polar surface area (TPSA) is 98.4 Å². The Labute approximate surface area is 173 Å². The molecule has 0 spiro atoms. The second kappa shape index (κ2) is 7.46. The molecule has 166 valence electrons. The Hall–Kier alpha value is -2.26. The van der Waals surface area contributed by atoms with Crippen molar-refractivity contribution in [1.82, 2.24) is 9.78 Å². The van der Waals surface area contributed by atoms with E-state index in [1.54, 1.807) is 48.5 Å². The largest absolute Gasteiger partial charge is 0.517 e. The third kappa shape index (κ3) is 4.73. The van der Waals surface area contributed by atoms with E-state index in [4.69, 9.17) is 14.0 Å². The lowest BCUT2D eigenvalue weighted by atomic mass is 9.82. The van der Waals surface area contributed by atoms with Crippen molar-refractivity contribution >= 4 is 24.6 Å². The van der Waals surface area contributed by atoms with Crippen LogP contribution < -0.4 is 10.9 Å². The average molecular weight is 430 g/mol. The van der Waals surface area contributed by atoms with Crippen molar-refractivity contribution in [3.8, 4) is 6.07 Å². The molecule has 30 heavy (non-hydrogen) atoms. The Bertz CT molecular complexity index is 852. The van der Waals surface area contributed by atoms with Crippen molar-refractivity contribution in [3.05, 3.63) is 5.56 Å². The number of anilines is 1. The minimum absolute atomic E-state index is 0.154. The number of hydrogen-bond acceptors (Lipinski definition) is 6. The standard InChI is InChI=1S/C18H26BF3N4O4/c1-10(18(20,21)22)26-13(24-14(27)28-15(2,3)4)11(9-23)12(25-26)19-29-16(5,6)17(7,8)30-19/h10H,1-8H3,(H,24,27). The molecule has 0 radical (unpaired) electrons. The molecular formula is C18H26BF3N4O4. The molecule has 2 heterocycles. The van der Waals surface area contributed by atoms with E-state index in [1.807, 2.05) is 6.07 Å². The van der Waals surface area contributed by atoms with Gasteiger partial charge >= 0.3 is 19.4 Å². The van der Waals surface area contributed by atoms with Gasteiger partial charge in [0, 0.05) is 0 Å². The first-order valence-corrected chi connectivity index (χ1v) is 9.34. The third-order valence-electron chi connectivity index (χ3n) is 4.99. The highest BCUT2D eigenvalue weighted by molar-refractivity contribution is 6.62. The van der Waals surface area contributed by atoms with Crippen LogP contribution in [-0.2, 0) is 14.0 Å². The zero-order chi connectivity index (χ0) is 23.3. The molecule has 1 fully saturated rings. The Kier molecular flexibility index (Phi) is 5.97. The van der Waals surface area contributed by atoms with Crippen LogP contribution in [0.1, 0.15) is 67.0 Å². The van der Waals surface area contributed by atoms with E-state index in [9.17, 15) is 23.2 Å². The van der Waals surface area contributed by atoms with Crippen LogP contribution in [0.3, 0.4) is 0 Å². The van der Waals surface area contributed by atoms with E-state index in [0.717, 1.165) is 6.92 Å². The minimum Gasteiger partial charge on any atom is -0.444 e. The van der Waals surface area contributed by atoms with Crippen molar-refractivity contribution in [1.29, 1.82) is 5.26 Å². The number of alkyl halides is 3. The summed E-state index contributed by atoms with van der Waals surface area (Å²) in [7, 11) is -1.19. The van der Waals surface area contributed by atoms with Gasteiger partial charge in [-0.15, -0.1) is 0 Å². The molecular weight excluding hydrogens is 404 g/mol. The molecule has 1 atom stereocenters. The molecule has 8 nitrogen and oxygen atoms in total. The Morgan fingerprint density at radius 2 is 1.73 bits per heavy atom. The van der Waals surface area contributed by atoms with Crippen LogP contribution in [0.5, 0.6) is 0 Å². The Morgan fingerprint density at radius 1 is 1.23 bits per heavy atom. The summed E-state index contributed by atoms with van der Waals surface area (Å²) in [5.74, 6) is -0.443. The number of nitrogens with one attached hydrogen (secondary N) is 1. The van der Waals surface area contributed by atoms with Crippen LogP contribution in [0.25, 0.3) is 0 Å². The van der Waals surface area contributed by atoms with E-state index in [0.29, 0.717) is 4.68 Å². The highest BCUT2D eigenvalue weighted by Gasteiger charge is 2.54. The summed E-state index contributed by atoms with van der Waals surface area (Å²) in [5, 5.41) is 15.9. The molecule has 0 saturated carbocycles. The van der Waals surface area contributed by atoms with Gasteiger partial charge in [-0.25, -0.2) is 9.48 Å². The molecule has 0 aromatic carbocycles. The SMILES string of the molecule is CC(n1nc(B2OC(C)(C)C(C)(C)O2)c(C#N)c1NC(=O)OC(C)(C)C)C(F)(F)F. The fourth-order valence-electron chi connectivity index (χ4n) is 2.62. The van der Waals surface area contributed by atoms with Crippen LogP contribution in [0.2, 0.25) is 0 Å². The van der Waals surface area contributed by atoms with Gasteiger partial charge in [-0.05, 0) is 55.4 Å². The maximum absolute atomic E-state index is 13.4. The maximum Gasteiger partial charge on any atom is 0.517 e. The molecule has 1 aliphatic heterocycles. The number of carbonyl (C=O) groups is 1. The van der Waals surface area contributed by atoms with Crippen LogP contribution in [0, 0.1) is 11.3 Å². The summed E-state index contributed by atoms with van der Waals surface area (Å²) < 4.78 is 57.6. The molecule has 1 aromatic rings. The number of nitrogens with zero attached hydrogens (tertiary/aromatic N) is 3. The van der Waals surface area contributed by atoms with E-state index in [2.05, 4.69) is 10.4 Å². The van der Waals surface area contributed by atoms with E-state index >= 15 is 0 Å². The van der Waals surface area contributed by atoms with Gasteiger partial charge in [0.15, 0.2) is 5.82 Å². The van der Waals surface area contributed by atoms with Gasteiger partial charge in [-0.3, -0.25) is 5.32 Å². The quantitative estimate of drug-likeness (QED) is 0.737. The van der Waals surface area contributed by atoms with Crippen molar-refractivity contribution < 1.29 is 32.0 Å². The van der Waals surface area contributed by atoms with Crippen molar-refractivity contribution in [2.75, 3.05) is 5.32 Å². The lowest BCUT2D eigenvalue weighted by molar-refractivity contribution is -0.164. The van der Waals surface area contributed by atoms with Gasteiger partial charge in [0.25, 0.3) is 0 Å². The molecule has 1 amide bonds. The second-order valence-electron chi connectivity index (χ2n) is 9.10. The number of hydrogen-bond donors (Lipinski definition) is 1. The van der Waals surface area contributed by atoms with Gasteiger partial charge < -0.3 is 14.0 Å². The number of halogens is 3. The summed E-state index contributed by atoms with van der Waals surface area (Å²) in [6.45, 7) is 12.7. The Morgan fingerprint density at radius 3 is 2.13 bits per heavy atom. The molecule has 1 N–H and O–H groups in total. The predicted molar refractivity (Wildman–Crippen MR) is 103 cm³/mol. The predicted octanol–water partition coefficient (Wildman–Crippen LogP) is 3.52. The van der Waals surface area contributed by atoms with Crippen molar-refractivity contribution in [2.45, 2.75) is 84.4 Å². The minimum atomic E-state index is -4.68. The Balaban J connectivity index is 2.57. The van der Waals surface area contributed by atoms with Gasteiger partial charge in [0.2, 0.25) is 0 Å². The number of amides is 1. The first-order valence-electron chi connectivity index (χ1n) is 9.34. The number of rotatable bonds is 3. The fourth-order valence-corrected chi connectivity index (χ4v) is 2.62. The number of nitriles is 1. The molecule has 0 bridgehead atoms. The smallest absolute Gasteiger partial charge is 0.444 e. The highest BCUT2D eigenvalue weighted by atomic mass is 19.4. The lowest BCUT2D eigenvalue weighted by Crippen LogP contribution is -2.41. The third-order valence-corrected chi connectivity index (χ3v) is 4.99. The average Bonchev–Trinajstić information content (AvgIpc) is 2.97. The molecule has 1 unspecified atom stereocenters. The molecule has 2 rings (SSSR count). The normalized spacial score (nSPS) is 19.3. The zero-order valence-electron chi connectivity index (χ0n) is 18.3. The van der Waals surface area contributed by atoms with Crippen LogP contribution in [0.4, 0.5) is 23.8 Å². The molecule has 0 aliphatic carbocycles. The van der Waals surface area contributed by atoms with Crippen LogP contribution in [-0.4, -0.2) is 46.0 Å². The van der Waals surface area contributed by atoms with E-state index < -0.39 is 48.1 Å². The van der Waals surface area contributed by atoms with Crippen molar-refractivity contribution in [3.63, 3.8) is 0 Å². The van der Waals surface area contributed by atoms with E-state index in [1.165, 1.54) is 0 Å². The highest BCUT2D eigenvalue weighted by Crippen LogP contribution is 2.38. The number of carbonyl (C=O) groups excluding carboxylic acids is 1.